The van der Waals surface area contributed by atoms with Gasteiger partial charge in [0.15, 0.2) is 46.0 Å². The average Bonchev–Trinajstić information content (AvgIpc) is 0.846. The molecule has 0 aromatic heterocycles. The Morgan fingerprint density at radius 3 is 1.00 bits per heavy atom. The van der Waals surface area contributed by atoms with E-state index in [9.17, 15) is 39.6 Å². The SMILES string of the molecule is C#CC#CC#C.C#CC#CC#CN=C=N.CC.C[C@H](Cc1ccc(O)c(O)c1)[C@@H](C)Cc1ccc(O)c(O)c1.C[C@H](Cc1ccc(OC(=O)CN(C)C)c(OC(=O)CN(C)C)c1)[C@@H](C)Cc1ccc(OC(=O)CN(C)C)c(OC(=O)CN(C)C)c1.Cl.Cl.Cl.Cl.[2HH].[2H]C#C[2H].[2H]P(C)C.[HH].[HH].[HH].[HH].[HH].[HH].[HH].[HH].[HH]. The molecule has 0 heterocycles. The van der Waals surface area contributed by atoms with Crippen LogP contribution in [0.1, 0.15) is 80.8 Å². The Balaban J connectivity index is -0.0000000744. The van der Waals surface area contributed by atoms with E-state index >= 15 is 0 Å². The number of ether oxygens (including phenoxy) is 4. The Kier molecular flexibility index (Phi) is 58.5. The fourth-order valence-corrected chi connectivity index (χ4v) is 7.25. The largest absolute Gasteiger partial charge is 0.504 e. The molecule has 0 fully saturated rings. The molecule has 5 N–H and O–H groups in total. The normalized spacial score (nSPS) is 10.6. The molecule has 0 aliphatic carbocycles. The first-order valence-electron chi connectivity index (χ1n) is 29.5. The molecule has 0 aliphatic rings. The number of aliphatic imine (C=N–C) groups is 1. The maximum atomic E-state index is 12.5. The zero-order valence-electron chi connectivity index (χ0n) is 59.5. The van der Waals surface area contributed by atoms with Crippen molar-refractivity contribution in [3.63, 3.8) is 0 Å². The Bertz CT molecular complexity index is 3290. The van der Waals surface area contributed by atoms with Gasteiger partial charge >= 0.3 is 23.9 Å². The fraction of sp³-hybridized carbons (Fsp3) is 0.394. The maximum absolute atomic E-state index is 12.5. The predicted molar refractivity (Wildman–Crippen MR) is 412 cm³/mol. The van der Waals surface area contributed by atoms with Crippen molar-refractivity contribution in [1.29, 1.82) is 6.69 Å². The first-order valence-corrected chi connectivity index (χ1v) is 29.8. The summed E-state index contributed by atoms with van der Waals surface area (Å²) in [6.45, 7) is 16.6. The smallest absolute Gasteiger partial charge is 0.325 e. The van der Waals surface area contributed by atoms with Gasteiger partial charge in [-0.25, -0.2) is 5.41 Å². The third kappa shape index (κ3) is 48.4. The van der Waals surface area contributed by atoms with Crippen molar-refractivity contribution in [2.75, 3.05) is 95.9 Å². The Morgan fingerprint density at radius 1 is 0.500 bits per heavy atom. The van der Waals surface area contributed by atoms with Gasteiger partial charge in [0.25, 0.3) is 0 Å². The molecule has 94 heavy (non-hydrogen) atoms. The lowest BCUT2D eigenvalue weighted by Gasteiger charge is -2.22. The van der Waals surface area contributed by atoms with Crippen molar-refractivity contribution in [2.24, 2.45) is 28.7 Å². The highest BCUT2D eigenvalue weighted by Gasteiger charge is 2.22. The standard InChI is InChI=1S/C34H50N4O8.C18H22O4.C7H2N2.C6H2.C2H7P.C2H6.C2H2.4ClH.10H2/c1-23(15-25-11-13-27(43-31(39)19-35(3)4)29(17-25)45-33(41)21-37(7)8)24(2)16-26-12-14-28(44-32(40)20-36(5)6)30(18-26)46-34(42)22-38(9)10;1-11(7-13-3-5-15(19)17(21)9-13)12(2)8-14-4-6-16(20)18(22)10-14;1-2-3-4-5-6-9-7-8;1-3-5-6-4-2;1-3-2;2*1-2;;;;;;;;;;;;;;/h11-14,17-18,23-24H,15-16,19-22H2,1-10H3;3-6,9-12,19-22H,7-8H2,1-2H3;1,8H;1-2H;3H,1-2H3;1-2H3;1-2H;14*1H/t23-,24+;11-,12+;;;;;;;;;;;;;;;;;;;/i;;;;3D;;1D,2D;;;;;1+1;;;;;;;;;. The van der Waals surface area contributed by atoms with Crippen molar-refractivity contribution in [3.05, 3.63) is 95.1 Å². The molecule has 0 unspecified atom stereocenters. The Hall–Kier alpha value is -8.31. The number of aromatic hydroxyl groups is 4. The lowest BCUT2D eigenvalue weighted by molar-refractivity contribution is -0.137. The number of likely N-dealkylation sites (N-methyl/N-ethyl adjacent to an activating group) is 4. The molecule has 0 saturated heterocycles. The van der Waals surface area contributed by atoms with Gasteiger partial charge in [0, 0.05) is 26.1 Å². The highest BCUT2D eigenvalue weighted by molar-refractivity contribution is 7.35. The van der Waals surface area contributed by atoms with E-state index in [0.29, 0.717) is 24.7 Å². The monoisotopic (exact) mass is 1420 g/mol. The Morgan fingerprint density at radius 2 is 0.755 bits per heavy atom. The number of terminal acetylenes is 4. The molecule has 4 aromatic carbocycles. The summed E-state index contributed by atoms with van der Waals surface area (Å²) in [6, 6.07) is 24.2. The van der Waals surface area contributed by atoms with E-state index in [0.717, 1.165) is 35.1 Å². The Labute approximate surface area is 605 Å². The van der Waals surface area contributed by atoms with Crippen LogP contribution in [0.5, 0.6) is 46.0 Å². The van der Waals surface area contributed by atoms with E-state index in [1.807, 2.05) is 51.4 Å². The summed E-state index contributed by atoms with van der Waals surface area (Å²) >= 11 is 0. The number of hydrogen-bond acceptors (Lipinski definition) is 18. The van der Waals surface area contributed by atoms with Crippen molar-refractivity contribution in [3.8, 4) is 131 Å². The predicted octanol–water partition coefficient (Wildman–Crippen LogP) is 13.1. The molecule has 4 atom stereocenters. The second-order valence-corrected chi connectivity index (χ2v) is 21.5. The van der Waals surface area contributed by atoms with Crippen LogP contribution in [0.15, 0.2) is 77.8 Å². The summed E-state index contributed by atoms with van der Waals surface area (Å²) in [5.41, 5.74) is 3.79. The van der Waals surface area contributed by atoms with Gasteiger partial charge < -0.3 is 39.4 Å². The molecule has 0 amide bonds. The van der Waals surface area contributed by atoms with E-state index in [1.165, 1.54) is 12.1 Å². The minimum Gasteiger partial charge on any atom is -0.504 e. The van der Waals surface area contributed by atoms with Crippen LogP contribution in [-0.4, -0.2) is 167 Å². The number of carbonyl (C=O) groups excluding carboxylic acids is 4. The second-order valence-electron chi connectivity index (χ2n) is 20.6. The van der Waals surface area contributed by atoms with Gasteiger partial charge in [-0.2, -0.15) is 0 Å². The molecule has 0 aliphatic heterocycles. The van der Waals surface area contributed by atoms with Gasteiger partial charge in [-0.1, -0.05) is 65.8 Å². The van der Waals surface area contributed by atoms with Crippen LogP contribution in [0, 0.1) is 115 Å². The zero-order valence-corrected chi connectivity index (χ0v) is 60.7. The van der Waals surface area contributed by atoms with E-state index in [2.05, 4.69) is 86.1 Å². The van der Waals surface area contributed by atoms with E-state index in [-0.39, 0.29) is 156 Å². The van der Waals surface area contributed by atoms with Crippen molar-refractivity contribution in [2.45, 2.75) is 67.2 Å². The molecule has 18 nitrogen and oxygen atoms in total. The van der Waals surface area contributed by atoms with Gasteiger partial charge in [0.2, 0.25) is 0 Å². The van der Waals surface area contributed by atoms with E-state index in [1.54, 1.807) is 131 Å². The second kappa shape index (κ2) is 59.7. The number of hydrogen-bond donors (Lipinski definition) is 5. The van der Waals surface area contributed by atoms with Crippen molar-refractivity contribution < 1.29 is 75.6 Å². The van der Waals surface area contributed by atoms with Crippen LogP contribution in [-0.2, 0) is 44.9 Å². The van der Waals surface area contributed by atoms with Crippen molar-refractivity contribution in [1.82, 2.24) is 19.6 Å². The third-order valence-electron chi connectivity index (χ3n) is 11.5. The summed E-state index contributed by atoms with van der Waals surface area (Å²) in [5, 5.41) is 44.0. The van der Waals surface area contributed by atoms with Crippen LogP contribution >= 0.6 is 58.2 Å². The van der Waals surface area contributed by atoms with Gasteiger partial charge in [-0.05, 0) is 225 Å². The highest BCUT2D eigenvalue weighted by atomic mass is 35.5. The number of nitrogens with zero attached hydrogens (tertiary/aromatic N) is 5. The topological polar surface area (TPSA) is 235 Å². The van der Waals surface area contributed by atoms with Gasteiger partial charge in [-0.3, -0.25) is 38.8 Å². The van der Waals surface area contributed by atoms with Gasteiger partial charge in [0.1, 0.15) is 8.75 Å². The van der Waals surface area contributed by atoms with Crippen LogP contribution < -0.4 is 18.9 Å². The van der Waals surface area contributed by atoms with E-state index < -0.39 is 23.9 Å². The van der Waals surface area contributed by atoms with Crippen molar-refractivity contribution >= 4 is 88.0 Å². The fourth-order valence-electron chi connectivity index (χ4n) is 7.25. The summed E-state index contributed by atoms with van der Waals surface area (Å²) in [5.74, 6) is 17.1. The highest BCUT2D eigenvalue weighted by Crippen LogP contribution is 2.34. The number of phenolic OH excluding ortho intramolecular Hbond substituents is 4. The average molecular weight is 1420 g/mol. The third-order valence-corrected chi connectivity index (χ3v) is 11.5. The molecule has 0 radical (unpaired) electrons. The van der Waals surface area contributed by atoms with Gasteiger partial charge in [0.05, 0.1) is 33.5 Å². The molecule has 23 heteroatoms. The summed E-state index contributed by atoms with van der Waals surface area (Å²) in [6.07, 6.45) is 20.3. The molecular formula is C71H115Cl4N6O12P. The quantitative estimate of drug-likeness (QED) is 0.0123. The molecule has 0 saturated carbocycles. The number of halogens is 4. The maximum Gasteiger partial charge on any atom is 0.325 e. The minimum absolute atomic E-state index is 0. The number of phenols is 4. The number of nitrogens with one attached hydrogen (secondary N) is 1. The van der Waals surface area contributed by atoms with Crippen LogP contribution in [0.2, 0.25) is 0 Å². The molecule has 4 aromatic rings. The van der Waals surface area contributed by atoms with Crippen LogP contribution in [0.4, 0.5) is 0 Å². The lowest BCUT2D eigenvalue weighted by atomic mass is 9.85. The number of benzene rings is 4. The number of rotatable bonds is 22. The first-order chi connectivity index (χ1) is 43.9. The molecule has 534 valence electrons. The van der Waals surface area contributed by atoms with E-state index in [4.69, 9.17) is 47.6 Å². The summed E-state index contributed by atoms with van der Waals surface area (Å²) < 4.78 is 40.7. The lowest BCUT2D eigenvalue weighted by Crippen LogP contribution is -2.27. The number of carbonyl (C=O) groups is 4. The zero-order chi connectivity index (χ0) is 71.6. The summed E-state index contributed by atoms with van der Waals surface area (Å²) in [4.78, 5) is 59.6. The van der Waals surface area contributed by atoms with Gasteiger partial charge in [-0.15, -0.1) is 95.2 Å². The van der Waals surface area contributed by atoms with Crippen LogP contribution in [0.3, 0.4) is 0 Å². The molecule has 0 bridgehead atoms. The molecular weight excluding hydrogens is 1300 g/mol. The molecule has 0 spiro atoms. The van der Waals surface area contributed by atoms with Crippen LogP contribution in [0.25, 0.3) is 0 Å². The summed E-state index contributed by atoms with van der Waals surface area (Å²) in [7, 11) is 13.7. The first kappa shape index (κ1) is 92.1. The number of esters is 4. The molecule has 4 rings (SSSR count). The minimum atomic E-state index is -0.466.